The summed E-state index contributed by atoms with van der Waals surface area (Å²) in [5, 5.41) is 11.7. The fourth-order valence-corrected chi connectivity index (χ4v) is 8.99. The van der Waals surface area contributed by atoms with Gasteiger partial charge in [0.05, 0.1) is 68.9 Å². The molecule has 1 aliphatic rings. The van der Waals surface area contributed by atoms with Gasteiger partial charge in [-0.3, -0.25) is 14.4 Å². The molecule has 1 aliphatic heterocycles. The molecule has 2 unspecified atom stereocenters. The second-order valence-corrected chi connectivity index (χ2v) is 20.4. The van der Waals surface area contributed by atoms with E-state index in [4.69, 9.17) is 23.7 Å². The van der Waals surface area contributed by atoms with E-state index in [-0.39, 0.29) is 62.3 Å². The van der Waals surface area contributed by atoms with Gasteiger partial charge in [-0.15, -0.1) is 11.3 Å². The van der Waals surface area contributed by atoms with Crippen LogP contribution in [0.4, 0.5) is 36.3 Å². The zero-order chi connectivity index (χ0) is 53.8. The lowest BCUT2D eigenvalue weighted by atomic mass is 9.85. The number of alkyl halides is 3. The average molecular weight is 1080 g/mol. The number of hydrogen-bond donors (Lipinski definition) is 4. The maximum absolute atomic E-state index is 13.9. The topological polar surface area (TPSA) is 191 Å². The molecule has 1 saturated heterocycles. The van der Waals surface area contributed by atoms with Crippen LogP contribution in [-0.2, 0) is 52.6 Å². The zero-order valence-electron chi connectivity index (χ0n) is 43.3. The Bertz CT molecular complexity index is 2590. The Kier molecular flexibility index (Phi) is 22.3. The zero-order valence-corrected chi connectivity index (χ0v) is 44.9. The van der Waals surface area contributed by atoms with Gasteiger partial charge in [0.15, 0.2) is 0 Å². The van der Waals surface area contributed by atoms with Crippen molar-refractivity contribution in [2.75, 3.05) is 94.2 Å². The van der Waals surface area contributed by atoms with Crippen molar-refractivity contribution in [3.05, 3.63) is 107 Å². The molecular formula is C53H68F3N9O8S2. The molecule has 0 radical (unpaired) electrons. The Morgan fingerprint density at radius 3 is 2.15 bits per heavy atom. The molecule has 3 heterocycles. The Labute approximate surface area is 445 Å². The van der Waals surface area contributed by atoms with E-state index < -0.39 is 29.2 Å². The summed E-state index contributed by atoms with van der Waals surface area (Å²) >= 11 is 3.11. The number of halogens is 3. The number of amides is 3. The number of rotatable bonds is 29. The quantitative estimate of drug-likeness (QED) is 0.0263. The molecule has 3 amide bonds. The second-order valence-electron chi connectivity index (χ2n) is 18.6. The number of thiazole rings is 1. The number of benzene rings is 3. The summed E-state index contributed by atoms with van der Waals surface area (Å²) in [5.41, 5.74) is 5.53. The summed E-state index contributed by atoms with van der Waals surface area (Å²) in [4.78, 5) is 55.4. The number of aromatic nitrogens is 3. The molecule has 3 aromatic carbocycles. The molecule has 75 heavy (non-hydrogen) atoms. The predicted molar refractivity (Wildman–Crippen MR) is 286 cm³/mol. The number of carbonyl (C=O) groups excluding carboxylic acids is 3. The maximum atomic E-state index is 13.9. The van der Waals surface area contributed by atoms with E-state index in [0.717, 1.165) is 39.1 Å². The Hall–Kier alpha value is -6.04. The average Bonchev–Trinajstić information content (AvgIpc) is 4.07. The second kappa shape index (κ2) is 28.7. The summed E-state index contributed by atoms with van der Waals surface area (Å²) in [7, 11) is 1.91. The first-order valence-electron chi connectivity index (χ1n) is 24.7. The standard InChI is InChI=1S/C53H68F3N9O8S2/c1-36-46(75-35-60-36)39-14-12-37(13-15-39)32-58-49(67)44-11-8-21-65(44)50(68)47(52(2,3)4)62-45(66)20-22-69-23-24-70-25-26-71-27-28-72-29-30-73-42-18-16-40(17-19-42)61-51-59-34-43(53(54,55)56)48(63-51)57-33-38-9-7-10-41(31-38)64(5)74-6/h7,9-10,12-19,31,34-35,44,47H,8,11,20-30,32-33H2,1-6H3,(H,58,67)(H,62,66)(H2,57,59,61,63). The molecule has 0 saturated carbocycles. The van der Waals surface area contributed by atoms with Gasteiger partial charge in [0.1, 0.15) is 35.8 Å². The van der Waals surface area contributed by atoms with E-state index in [1.807, 2.05) is 99.3 Å². The molecule has 0 bridgehead atoms. The largest absolute Gasteiger partial charge is 0.491 e. The van der Waals surface area contributed by atoms with Crippen molar-refractivity contribution < 1.29 is 51.2 Å². The third kappa shape index (κ3) is 18.3. The van der Waals surface area contributed by atoms with Gasteiger partial charge in [-0.1, -0.05) is 69.1 Å². The summed E-state index contributed by atoms with van der Waals surface area (Å²) in [6.07, 6.45) is -0.653. The van der Waals surface area contributed by atoms with E-state index in [0.29, 0.717) is 77.0 Å². The SMILES string of the molecule is CSN(C)c1cccc(CNc2nc(Nc3ccc(OCCOCCOCCOCCOCCC(=O)NC(C(=O)N4CCCC4C(=O)NCc4ccc(-c5scnc5C)cc4)C(C)(C)C)cc3)ncc2C(F)(F)F)c1. The molecular weight excluding hydrogens is 1010 g/mol. The normalized spacial score (nSPS) is 14.1. The van der Waals surface area contributed by atoms with E-state index in [9.17, 15) is 27.6 Å². The van der Waals surface area contributed by atoms with E-state index in [1.165, 1.54) is 11.9 Å². The van der Waals surface area contributed by atoms with Crippen molar-refractivity contribution in [2.24, 2.45) is 5.41 Å². The van der Waals surface area contributed by atoms with Crippen LogP contribution in [0.5, 0.6) is 5.75 Å². The molecule has 2 atom stereocenters. The van der Waals surface area contributed by atoms with Crippen molar-refractivity contribution in [3.63, 3.8) is 0 Å². The molecule has 0 spiro atoms. The minimum absolute atomic E-state index is 0.00236. The number of nitrogens with zero attached hydrogens (tertiary/aromatic N) is 5. The van der Waals surface area contributed by atoms with Crippen molar-refractivity contribution in [2.45, 2.75) is 78.3 Å². The summed E-state index contributed by atoms with van der Waals surface area (Å²) < 4.78 is 71.6. The van der Waals surface area contributed by atoms with E-state index in [1.54, 1.807) is 40.5 Å². The van der Waals surface area contributed by atoms with Gasteiger partial charge in [-0.05, 0) is 78.3 Å². The number of ether oxygens (including phenoxy) is 5. The van der Waals surface area contributed by atoms with Gasteiger partial charge in [-0.25, -0.2) is 9.97 Å². The number of aryl methyl sites for hydroxylation is 1. The molecule has 17 nitrogen and oxygen atoms in total. The van der Waals surface area contributed by atoms with Crippen LogP contribution in [0, 0.1) is 12.3 Å². The van der Waals surface area contributed by atoms with Crippen LogP contribution in [0.3, 0.4) is 0 Å². The molecule has 22 heteroatoms. The summed E-state index contributed by atoms with van der Waals surface area (Å²) in [6.45, 7) is 11.3. The first kappa shape index (κ1) is 58.2. The lowest BCUT2D eigenvalue weighted by molar-refractivity contribution is -0.144. The maximum Gasteiger partial charge on any atom is 0.421 e. The van der Waals surface area contributed by atoms with E-state index in [2.05, 4.69) is 36.2 Å². The lowest BCUT2D eigenvalue weighted by Gasteiger charge is -2.35. The van der Waals surface area contributed by atoms with Gasteiger partial charge in [0, 0.05) is 56.9 Å². The molecule has 5 aromatic rings. The first-order chi connectivity index (χ1) is 36.0. The molecule has 2 aromatic heterocycles. The minimum atomic E-state index is -4.65. The Morgan fingerprint density at radius 1 is 0.853 bits per heavy atom. The monoisotopic (exact) mass is 1080 g/mol. The smallest absolute Gasteiger partial charge is 0.421 e. The van der Waals surface area contributed by atoms with Gasteiger partial charge >= 0.3 is 6.18 Å². The van der Waals surface area contributed by atoms with Gasteiger partial charge < -0.3 is 54.2 Å². The summed E-state index contributed by atoms with van der Waals surface area (Å²) in [5.74, 6) is -0.575. The van der Waals surface area contributed by atoms with Crippen LogP contribution >= 0.6 is 23.3 Å². The lowest BCUT2D eigenvalue weighted by Crippen LogP contribution is -2.57. The minimum Gasteiger partial charge on any atom is -0.491 e. The highest BCUT2D eigenvalue weighted by Gasteiger charge is 2.42. The van der Waals surface area contributed by atoms with Crippen LogP contribution in [0.1, 0.15) is 62.4 Å². The molecule has 1 fully saturated rings. The number of hydrogen-bond acceptors (Lipinski definition) is 16. The number of likely N-dealkylation sites (tertiary alicyclic amines) is 1. The van der Waals surface area contributed by atoms with Crippen LogP contribution in [0.2, 0.25) is 0 Å². The number of anilines is 4. The number of carbonyl (C=O) groups is 3. The van der Waals surface area contributed by atoms with Crippen LogP contribution < -0.4 is 30.3 Å². The predicted octanol–water partition coefficient (Wildman–Crippen LogP) is 8.67. The van der Waals surface area contributed by atoms with E-state index >= 15 is 0 Å². The highest BCUT2D eigenvalue weighted by molar-refractivity contribution is 7.99. The molecule has 406 valence electrons. The third-order valence-corrected chi connectivity index (χ3v) is 13.7. The van der Waals surface area contributed by atoms with Crippen molar-refractivity contribution in [1.82, 2.24) is 30.5 Å². The summed E-state index contributed by atoms with van der Waals surface area (Å²) in [6, 6.07) is 20.9. The fourth-order valence-electron chi connectivity index (χ4n) is 7.86. The van der Waals surface area contributed by atoms with Crippen LogP contribution in [-0.4, -0.2) is 129 Å². The van der Waals surface area contributed by atoms with Crippen LogP contribution in [0.25, 0.3) is 10.4 Å². The highest BCUT2D eigenvalue weighted by atomic mass is 32.2. The molecule has 4 N–H and O–H groups in total. The highest BCUT2D eigenvalue weighted by Crippen LogP contribution is 2.35. The third-order valence-electron chi connectivity index (χ3n) is 12.0. The molecule has 6 rings (SSSR count). The van der Waals surface area contributed by atoms with Crippen molar-refractivity contribution in [1.29, 1.82) is 0 Å². The Morgan fingerprint density at radius 2 is 1.52 bits per heavy atom. The first-order valence-corrected chi connectivity index (χ1v) is 26.8. The van der Waals surface area contributed by atoms with Gasteiger partial charge in [-0.2, -0.15) is 18.2 Å². The van der Waals surface area contributed by atoms with Gasteiger partial charge in [0.2, 0.25) is 23.7 Å². The van der Waals surface area contributed by atoms with Gasteiger partial charge in [0.25, 0.3) is 0 Å². The molecule has 0 aliphatic carbocycles. The van der Waals surface area contributed by atoms with Crippen molar-refractivity contribution >= 4 is 64.1 Å². The van der Waals surface area contributed by atoms with Crippen molar-refractivity contribution in [3.8, 4) is 16.2 Å². The number of nitrogens with one attached hydrogen (secondary N) is 4. The van der Waals surface area contributed by atoms with Crippen LogP contribution in [0.15, 0.2) is 84.5 Å². The fraction of sp³-hybridized carbons (Fsp3) is 0.472. The Balaban J connectivity index is 0.785.